The van der Waals surface area contributed by atoms with Crippen LogP contribution < -0.4 is 0 Å². The Bertz CT molecular complexity index is 611. The lowest BCUT2D eigenvalue weighted by Gasteiger charge is -2.39. The van der Waals surface area contributed by atoms with Crippen LogP contribution in [0.3, 0.4) is 0 Å². The fourth-order valence-corrected chi connectivity index (χ4v) is 5.10. The summed E-state index contributed by atoms with van der Waals surface area (Å²) in [7, 11) is -1.89. The van der Waals surface area contributed by atoms with E-state index in [0.717, 1.165) is 24.8 Å². The Labute approximate surface area is 147 Å². The van der Waals surface area contributed by atoms with Gasteiger partial charge in [0.15, 0.2) is 14.1 Å². The van der Waals surface area contributed by atoms with Crippen molar-refractivity contribution in [3.8, 4) is 0 Å². The number of ether oxygens (including phenoxy) is 1. The van der Waals surface area contributed by atoms with Gasteiger partial charge in [0, 0.05) is 11.0 Å². The zero-order valence-electron chi connectivity index (χ0n) is 16.2. The van der Waals surface area contributed by atoms with E-state index in [9.17, 15) is 4.79 Å². The van der Waals surface area contributed by atoms with E-state index in [4.69, 9.17) is 9.16 Å². The highest BCUT2D eigenvalue weighted by Crippen LogP contribution is 2.50. The van der Waals surface area contributed by atoms with Gasteiger partial charge in [0.05, 0.1) is 18.3 Å². The molecule has 0 spiro atoms. The van der Waals surface area contributed by atoms with Gasteiger partial charge in [-0.3, -0.25) is 4.79 Å². The Morgan fingerprint density at radius 2 is 2.00 bits per heavy atom. The first kappa shape index (κ1) is 18.1. The third kappa shape index (κ3) is 3.09. The average Bonchev–Trinajstić information content (AvgIpc) is 2.95. The molecule has 134 valence electrons. The molecule has 3 nitrogen and oxygen atoms in total. The van der Waals surface area contributed by atoms with Gasteiger partial charge < -0.3 is 9.16 Å². The van der Waals surface area contributed by atoms with Crippen LogP contribution in [0.2, 0.25) is 18.1 Å². The maximum absolute atomic E-state index is 12.6. The molecule has 2 aliphatic carbocycles. The van der Waals surface area contributed by atoms with Crippen LogP contribution in [-0.4, -0.2) is 32.4 Å². The van der Waals surface area contributed by atoms with Gasteiger partial charge in [-0.25, -0.2) is 0 Å². The number of allylic oxidation sites excluding steroid dienone is 3. The summed E-state index contributed by atoms with van der Waals surface area (Å²) in [4.78, 5) is 12.6. The molecule has 0 saturated carbocycles. The number of rotatable bonds is 4. The van der Waals surface area contributed by atoms with Gasteiger partial charge in [-0.15, -0.1) is 0 Å². The normalized spacial score (nSPS) is 36.3. The van der Waals surface area contributed by atoms with Gasteiger partial charge in [0.25, 0.3) is 0 Å². The Balaban J connectivity index is 1.86. The Morgan fingerprint density at radius 3 is 2.54 bits per heavy atom. The third-order valence-corrected chi connectivity index (χ3v) is 11.1. The van der Waals surface area contributed by atoms with E-state index >= 15 is 0 Å². The molecule has 1 aliphatic heterocycles. The quantitative estimate of drug-likeness (QED) is 0.541. The highest BCUT2D eigenvalue weighted by Gasteiger charge is 2.48. The molecule has 0 aromatic heterocycles. The van der Waals surface area contributed by atoms with Crippen molar-refractivity contribution in [1.29, 1.82) is 0 Å². The minimum atomic E-state index is -1.89. The summed E-state index contributed by atoms with van der Waals surface area (Å²) in [6.45, 7) is 15.7. The molecule has 2 unspecified atom stereocenters. The van der Waals surface area contributed by atoms with Crippen LogP contribution in [0.15, 0.2) is 23.3 Å². The number of hydrogen-bond acceptors (Lipinski definition) is 3. The van der Waals surface area contributed by atoms with Gasteiger partial charge in [-0.1, -0.05) is 39.3 Å². The smallest absolute Gasteiger partial charge is 0.192 e. The molecule has 0 aromatic carbocycles. The van der Waals surface area contributed by atoms with E-state index in [1.807, 2.05) is 0 Å². The van der Waals surface area contributed by atoms with Crippen molar-refractivity contribution in [1.82, 2.24) is 0 Å². The summed E-state index contributed by atoms with van der Waals surface area (Å²) in [6.07, 6.45) is 7.46. The molecule has 0 radical (unpaired) electrons. The summed E-state index contributed by atoms with van der Waals surface area (Å²) in [5.41, 5.74) is 2.21. The van der Waals surface area contributed by atoms with Crippen LogP contribution in [0.4, 0.5) is 0 Å². The standard InChI is InChI=1S/C20H32O3Si/c1-13-17(22-13)12-20(5)11-10-15(21)18-14(20)8-9-16(18)23-24(6,7)19(2,3)4/h10-11,13,16-17H,8-9,12H2,1-7H3/t13?,16-,17?,20+/m1/s1. The Kier molecular flexibility index (Phi) is 4.26. The van der Waals surface area contributed by atoms with Crippen LogP contribution in [0.1, 0.15) is 53.9 Å². The molecule has 0 amide bonds. The zero-order chi connectivity index (χ0) is 17.9. The summed E-state index contributed by atoms with van der Waals surface area (Å²) in [6, 6.07) is 0. The molecule has 4 heteroatoms. The Hall–Kier alpha value is -0.713. The lowest BCUT2D eigenvalue weighted by molar-refractivity contribution is -0.112. The van der Waals surface area contributed by atoms with E-state index in [1.54, 1.807) is 6.08 Å². The van der Waals surface area contributed by atoms with E-state index in [1.165, 1.54) is 5.57 Å². The van der Waals surface area contributed by atoms with Crippen LogP contribution in [-0.2, 0) is 14.0 Å². The van der Waals surface area contributed by atoms with Crippen molar-refractivity contribution in [2.75, 3.05) is 0 Å². The first-order chi connectivity index (χ1) is 10.9. The fourth-order valence-electron chi connectivity index (χ4n) is 3.80. The fraction of sp³-hybridized carbons (Fsp3) is 0.750. The van der Waals surface area contributed by atoms with E-state index in [2.05, 4.69) is 53.8 Å². The molecular weight excluding hydrogens is 316 g/mol. The highest BCUT2D eigenvalue weighted by atomic mass is 28.4. The van der Waals surface area contributed by atoms with Gasteiger partial charge in [-0.2, -0.15) is 0 Å². The van der Waals surface area contributed by atoms with Gasteiger partial charge in [-0.05, 0) is 50.4 Å². The van der Waals surface area contributed by atoms with Crippen molar-refractivity contribution >= 4 is 14.1 Å². The summed E-state index contributed by atoms with van der Waals surface area (Å²) < 4.78 is 12.3. The molecule has 4 atom stereocenters. The largest absolute Gasteiger partial charge is 0.410 e. The molecule has 3 rings (SSSR count). The van der Waals surface area contributed by atoms with Gasteiger partial charge in [0.2, 0.25) is 0 Å². The number of carbonyl (C=O) groups excluding carboxylic acids is 1. The molecule has 24 heavy (non-hydrogen) atoms. The number of epoxide rings is 1. The van der Waals surface area contributed by atoms with Crippen molar-refractivity contribution in [3.63, 3.8) is 0 Å². The minimum Gasteiger partial charge on any atom is -0.410 e. The molecule has 3 aliphatic rings. The number of carbonyl (C=O) groups is 1. The molecule has 0 N–H and O–H groups in total. The second-order valence-corrected chi connectivity index (χ2v) is 14.3. The van der Waals surface area contributed by atoms with Crippen molar-refractivity contribution in [3.05, 3.63) is 23.3 Å². The maximum Gasteiger partial charge on any atom is 0.192 e. The first-order valence-electron chi connectivity index (χ1n) is 9.25. The lowest BCUT2D eigenvalue weighted by atomic mass is 9.72. The monoisotopic (exact) mass is 348 g/mol. The van der Waals surface area contributed by atoms with E-state index in [0.29, 0.717) is 12.2 Å². The predicted octanol–water partition coefficient (Wildman–Crippen LogP) is 4.79. The molecule has 1 heterocycles. The van der Waals surface area contributed by atoms with Crippen LogP contribution in [0.5, 0.6) is 0 Å². The minimum absolute atomic E-state index is 0.0183. The third-order valence-electron chi connectivity index (χ3n) is 6.57. The van der Waals surface area contributed by atoms with Gasteiger partial charge >= 0.3 is 0 Å². The van der Waals surface area contributed by atoms with Crippen LogP contribution >= 0.6 is 0 Å². The molecule has 0 aromatic rings. The first-order valence-corrected chi connectivity index (χ1v) is 12.2. The topological polar surface area (TPSA) is 38.8 Å². The number of hydrogen-bond donors (Lipinski definition) is 0. The second-order valence-electron chi connectivity index (χ2n) is 9.50. The zero-order valence-corrected chi connectivity index (χ0v) is 17.2. The van der Waals surface area contributed by atoms with Crippen LogP contribution in [0.25, 0.3) is 0 Å². The summed E-state index contributed by atoms with van der Waals surface area (Å²) >= 11 is 0. The average molecular weight is 349 g/mol. The number of ketones is 1. The van der Waals surface area contributed by atoms with Crippen molar-refractivity contribution < 1.29 is 14.0 Å². The van der Waals surface area contributed by atoms with E-state index < -0.39 is 8.32 Å². The van der Waals surface area contributed by atoms with Crippen LogP contribution in [0, 0.1) is 5.41 Å². The van der Waals surface area contributed by atoms with Crippen molar-refractivity contribution in [2.45, 2.75) is 90.3 Å². The summed E-state index contributed by atoms with van der Waals surface area (Å²) in [5.74, 6) is 0.161. The molecule has 0 bridgehead atoms. The predicted molar refractivity (Wildman–Crippen MR) is 99.5 cm³/mol. The van der Waals surface area contributed by atoms with Gasteiger partial charge in [0.1, 0.15) is 0 Å². The molecule has 1 fully saturated rings. The molecular formula is C20H32O3Si. The lowest BCUT2D eigenvalue weighted by Crippen LogP contribution is -2.44. The Morgan fingerprint density at radius 1 is 1.38 bits per heavy atom. The SMILES string of the molecule is CC1OC1C[C@]1(C)C=CC(=O)C2=C1CC[C@H]2O[Si](C)(C)C(C)(C)C. The summed E-state index contributed by atoms with van der Waals surface area (Å²) in [5, 5.41) is 0.157. The second kappa shape index (κ2) is 5.65. The molecule has 1 saturated heterocycles. The van der Waals surface area contributed by atoms with Crippen molar-refractivity contribution in [2.24, 2.45) is 5.41 Å². The highest BCUT2D eigenvalue weighted by molar-refractivity contribution is 6.74. The van der Waals surface area contributed by atoms with E-state index in [-0.39, 0.29) is 22.3 Å². The maximum atomic E-state index is 12.6.